The maximum absolute atomic E-state index is 12.7. The van der Waals surface area contributed by atoms with Crippen molar-refractivity contribution in [2.24, 2.45) is 5.73 Å². The van der Waals surface area contributed by atoms with Crippen molar-refractivity contribution in [3.63, 3.8) is 0 Å². The molecule has 1 heterocycles. The van der Waals surface area contributed by atoms with Crippen molar-refractivity contribution >= 4 is 22.0 Å². The van der Waals surface area contributed by atoms with Crippen LogP contribution in [0.2, 0.25) is 0 Å². The summed E-state index contributed by atoms with van der Waals surface area (Å²) in [6, 6.07) is 15.5. The standard InChI is InChI=1S/C18H18N2O3S/c19-18(21)17-16-9-5-4-8-15(16)10-12-20(17)24(22,23)13-11-14-6-2-1-3-7-14/h1-9,11,13,17H,10,12H2,(H2,19,21)/b13-11-/t17-/m0/s1. The van der Waals surface area contributed by atoms with E-state index in [-0.39, 0.29) is 6.54 Å². The molecule has 2 aromatic carbocycles. The lowest BCUT2D eigenvalue weighted by atomic mass is 9.94. The molecule has 124 valence electrons. The largest absolute Gasteiger partial charge is 0.368 e. The van der Waals surface area contributed by atoms with Gasteiger partial charge in [0.2, 0.25) is 15.9 Å². The molecule has 0 unspecified atom stereocenters. The van der Waals surface area contributed by atoms with Crippen LogP contribution >= 0.6 is 0 Å². The average Bonchev–Trinajstić information content (AvgIpc) is 2.59. The molecule has 1 amide bonds. The van der Waals surface area contributed by atoms with Crippen LogP contribution in [-0.4, -0.2) is 25.2 Å². The molecule has 3 rings (SSSR count). The Bertz CT molecular complexity index is 876. The Kier molecular flexibility index (Phi) is 4.51. The van der Waals surface area contributed by atoms with Gasteiger partial charge in [0.1, 0.15) is 6.04 Å². The Morgan fingerprint density at radius 1 is 1.08 bits per heavy atom. The van der Waals surface area contributed by atoms with Gasteiger partial charge in [0, 0.05) is 12.0 Å². The van der Waals surface area contributed by atoms with E-state index in [1.807, 2.05) is 42.5 Å². The lowest BCUT2D eigenvalue weighted by Crippen LogP contribution is -2.44. The molecule has 0 saturated carbocycles. The number of amides is 1. The SMILES string of the molecule is NC(=O)[C@@H]1c2ccccc2CCN1S(=O)(=O)/C=C\c1ccccc1. The van der Waals surface area contributed by atoms with Crippen LogP contribution in [0, 0.1) is 0 Å². The van der Waals surface area contributed by atoms with E-state index in [1.165, 1.54) is 10.4 Å². The predicted molar refractivity (Wildman–Crippen MR) is 93.2 cm³/mol. The summed E-state index contributed by atoms with van der Waals surface area (Å²) in [5.41, 5.74) is 7.90. The van der Waals surface area contributed by atoms with E-state index < -0.39 is 22.0 Å². The van der Waals surface area contributed by atoms with Crippen molar-refractivity contribution in [2.75, 3.05) is 6.54 Å². The Morgan fingerprint density at radius 3 is 2.46 bits per heavy atom. The van der Waals surface area contributed by atoms with Gasteiger partial charge in [0.05, 0.1) is 0 Å². The first-order valence-corrected chi connectivity index (χ1v) is 9.11. The van der Waals surface area contributed by atoms with Gasteiger partial charge in [-0.25, -0.2) is 8.42 Å². The predicted octanol–water partition coefficient (Wildman–Crippen LogP) is 2.07. The van der Waals surface area contributed by atoms with Crippen LogP contribution in [0.25, 0.3) is 6.08 Å². The van der Waals surface area contributed by atoms with Crippen LogP contribution in [0.3, 0.4) is 0 Å². The number of primary amides is 1. The van der Waals surface area contributed by atoms with Crippen LogP contribution in [0.1, 0.15) is 22.7 Å². The highest BCUT2D eigenvalue weighted by atomic mass is 32.2. The maximum atomic E-state index is 12.7. The van der Waals surface area contributed by atoms with E-state index >= 15 is 0 Å². The topological polar surface area (TPSA) is 80.5 Å². The number of sulfonamides is 1. The van der Waals surface area contributed by atoms with Crippen molar-refractivity contribution in [3.05, 3.63) is 76.7 Å². The van der Waals surface area contributed by atoms with E-state index in [0.29, 0.717) is 12.0 Å². The summed E-state index contributed by atoms with van der Waals surface area (Å²) in [6.07, 6.45) is 2.08. The number of nitrogens with zero attached hydrogens (tertiary/aromatic N) is 1. The van der Waals surface area contributed by atoms with Gasteiger partial charge in [-0.2, -0.15) is 4.31 Å². The molecule has 0 aliphatic carbocycles. The number of nitrogens with two attached hydrogens (primary N) is 1. The average molecular weight is 342 g/mol. The van der Waals surface area contributed by atoms with Crippen LogP contribution in [0.15, 0.2) is 60.0 Å². The molecule has 1 atom stereocenters. The number of benzene rings is 2. The lowest BCUT2D eigenvalue weighted by molar-refractivity contribution is -0.122. The smallest absolute Gasteiger partial charge is 0.240 e. The summed E-state index contributed by atoms with van der Waals surface area (Å²) in [6.45, 7) is 0.228. The number of carbonyl (C=O) groups is 1. The molecule has 2 N–H and O–H groups in total. The highest BCUT2D eigenvalue weighted by Gasteiger charge is 2.37. The monoisotopic (exact) mass is 342 g/mol. The second kappa shape index (κ2) is 6.59. The van der Waals surface area contributed by atoms with Gasteiger partial charge in [-0.05, 0) is 29.2 Å². The summed E-state index contributed by atoms with van der Waals surface area (Å²) >= 11 is 0. The fourth-order valence-electron chi connectivity index (χ4n) is 2.92. The highest BCUT2D eigenvalue weighted by Crippen LogP contribution is 2.32. The molecule has 1 aliphatic heterocycles. The van der Waals surface area contributed by atoms with Crippen LogP contribution < -0.4 is 5.73 Å². The third-order valence-electron chi connectivity index (χ3n) is 4.07. The minimum Gasteiger partial charge on any atom is -0.368 e. The Morgan fingerprint density at radius 2 is 1.75 bits per heavy atom. The van der Waals surface area contributed by atoms with Crippen LogP contribution in [0.5, 0.6) is 0 Å². The molecule has 1 aliphatic rings. The van der Waals surface area contributed by atoms with E-state index in [1.54, 1.807) is 12.1 Å². The van der Waals surface area contributed by atoms with E-state index in [0.717, 1.165) is 16.5 Å². The van der Waals surface area contributed by atoms with Crippen molar-refractivity contribution in [1.29, 1.82) is 0 Å². The van der Waals surface area contributed by atoms with Gasteiger partial charge < -0.3 is 5.73 Å². The molecule has 0 fully saturated rings. The van der Waals surface area contributed by atoms with E-state index in [9.17, 15) is 13.2 Å². The Labute approximate surface area is 141 Å². The molecule has 6 heteroatoms. The Balaban J connectivity index is 1.95. The first-order valence-electron chi connectivity index (χ1n) is 7.61. The molecule has 5 nitrogen and oxygen atoms in total. The van der Waals surface area contributed by atoms with Gasteiger partial charge in [-0.3, -0.25) is 4.79 Å². The zero-order chi connectivity index (χ0) is 17.2. The molecule has 0 aromatic heterocycles. The molecular weight excluding hydrogens is 324 g/mol. The van der Waals surface area contributed by atoms with Gasteiger partial charge in [-0.1, -0.05) is 54.6 Å². The van der Waals surface area contributed by atoms with Crippen molar-refractivity contribution in [1.82, 2.24) is 4.31 Å². The fourth-order valence-corrected chi connectivity index (χ4v) is 4.26. The molecule has 24 heavy (non-hydrogen) atoms. The number of rotatable bonds is 4. The van der Waals surface area contributed by atoms with E-state index in [2.05, 4.69) is 0 Å². The summed E-state index contributed by atoms with van der Waals surface area (Å²) in [5, 5.41) is 1.13. The first-order chi connectivity index (χ1) is 11.5. The molecule has 2 aromatic rings. The second-order valence-corrected chi connectivity index (χ2v) is 7.39. The Hall–Kier alpha value is -2.44. The quantitative estimate of drug-likeness (QED) is 0.923. The first kappa shape index (κ1) is 16.4. The normalized spacial score (nSPS) is 18.4. The van der Waals surface area contributed by atoms with Gasteiger partial charge in [0.15, 0.2) is 0 Å². The molecular formula is C18H18N2O3S. The molecule has 0 spiro atoms. The molecule has 0 saturated heterocycles. The van der Waals surface area contributed by atoms with Gasteiger partial charge in [-0.15, -0.1) is 0 Å². The third kappa shape index (κ3) is 3.25. The van der Waals surface area contributed by atoms with Gasteiger partial charge >= 0.3 is 0 Å². The van der Waals surface area contributed by atoms with Crippen molar-refractivity contribution in [3.8, 4) is 0 Å². The number of fused-ring (bicyclic) bond motifs is 1. The van der Waals surface area contributed by atoms with Gasteiger partial charge in [0.25, 0.3) is 0 Å². The lowest BCUT2D eigenvalue weighted by Gasteiger charge is -2.33. The zero-order valence-electron chi connectivity index (χ0n) is 13.0. The van der Waals surface area contributed by atoms with Crippen LogP contribution in [0.4, 0.5) is 0 Å². The summed E-state index contributed by atoms with van der Waals surface area (Å²) in [5.74, 6) is -0.668. The molecule has 0 bridgehead atoms. The highest BCUT2D eigenvalue weighted by molar-refractivity contribution is 7.92. The van der Waals surface area contributed by atoms with Crippen molar-refractivity contribution < 1.29 is 13.2 Å². The summed E-state index contributed by atoms with van der Waals surface area (Å²) in [7, 11) is -3.77. The summed E-state index contributed by atoms with van der Waals surface area (Å²) in [4.78, 5) is 11.9. The third-order valence-corrected chi connectivity index (χ3v) is 5.59. The zero-order valence-corrected chi connectivity index (χ0v) is 13.8. The molecule has 0 radical (unpaired) electrons. The van der Waals surface area contributed by atoms with Crippen LogP contribution in [-0.2, 0) is 21.2 Å². The van der Waals surface area contributed by atoms with E-state index in [4.69, 9.17) is 5.73 Å². The fraction of sp³-hybridized carbons (Fsp3) is 0.167. The minimum atomic E-state index is -3.77. The number of hydrogen-bond donors (Lipinski definition) is 1. The second-order valence-electron chi connectivity index (χ2n) is 5.62. The van der Waals surface area contributed by atoms with Crippen molar-refractivity contribution in [2.45, 2.75) is 12.5 Å². The maximum Gasteiger partial charge on any atom is 0.240 e. The summed E-state index contributed by atoms with van der Waals surface area (Å²) < 4.78 is 26.6. The minimum absolute atomic E-state index is 0.228. The number of hydrogen-bond acceptors (Lipinski definition) is 3. The number of carbonyl (C=O) groups excluding carboxylic acids is 1.